The van der Waals surface area contributed by atoms with Crippen LogP contribution in [0.15, 0.2) is 30.5 Å². The van der Waals surface area contributed by atoms with Crippen molar-refractivity contribution in [2.75, 3.05) is 0 Å². The van der Waals surface area contributed by atoms with Crippen LogP contribution in [-0.2, 0) is 0 Å². The van der Waals surface area contributed by atoms with Crippen molar-refractivity contribution >= 4 is 10.9 Å². The summed E-state index contributed by atoms with van der Waals surface area (Å²) in [6, 6.07) is 8.26. The summed E-state index contributed by atoms with van der Waals surface area (Å²) in [7, 11) is 0. The minimum atomic E-state index is 0.428. The molecule has 2 heteroatoms. The zero-order valence-electron chi connectivity index (χ0n) is 8.73. The highest BCUT2D eigenvalue weighted by atomic mass is 16.5. The van der Waals surface area contributed by atoms with E-state index >= 15 is 0 Å². The number of hydrogen-bond donors (Lipinski definition) is 0. The SMILES string of the molecule is Cc1cc(OC2CC2)c2ncccc2c1. The average Bonchev–Trinajstić information content (AvgIpc) is 3.01. The summed E-state index contributed by atoms with van der Waals surface area (Å²) in [5.74, 6) is 0.938. The van der Waals surface area contributed by atoms with E-state index in [1.54, 1.807) is 0 Å². The first-order chi connectivity index (χ1) is 7.33. The highest BCUT2D eigenvalue weighted by Crippen LogP contribution is 2.31. The number of hydrogen-bond acceptors (Lipinski definition) is 2. The van der Waals surface area contributed by atoms with Gasteiger partial charge in [-0.3, -0.25) is 4.98 Å². The zero-order valence-corrected chi connectivity index (χ0v) is 8.73. The molecule has 0 amide bonds. The number of aryl methyl sites for hydroxylation is 1. The summed E-state index contributed by atoms with van der Waals surface area (Å²) in [6.45, 7) is 2.09. The van der Waals surface area contributed by atoms with Gasteiger partial charge in [-0.15, -0.1) is 0 Å². The minimum Gasteiger partial charge on any atom is -0.488 e. The lowest BCUT2D eigenvalue weighted by atomic mass is 10.1. The number of fused-ring (bicyclic) bond motifs is 1. The highest BCUT2D eigenvalue weighted by Gasteiger charge is 2.24. The Balaban J connectivity index is 2.16. The standard InChI is InChI=1S/C13H13NO/c1-9-7-10-3-2-6-14-13(10)12(8-9)15-11-4-5-11/h2-3,6-8,11H,4-5H2,1H3. The van der Waals surface area contributed by atoms with E-state index in [-0.39, 0.29) is 0 Å². The predicted octanol–water partition coefficient (Wildman–Crippen LogP) is 3.08. The van der Waals surface area contributed by atoms with Crippen LogP contribution in [0.3, 0.4) is 0 Å². The van der Waals surface area contributed by atoms with Crippen LogP contribution in [0.5, 0.6) is 5.75 Å². The fourth-order valence-corrected chi connectivity index (χ4v) is 1.76. The molecule has 1 saturated carbocycles. The predicted molar refractivity (Wildman–Crippen MR) is 60.1 cm³/mol. The smallest absolute Gasteiger partial charge is 0.146 e. The van der Waals surface area contributed by atoms with Gasteiger partial charge in [-0.1, -0.05) is 6.07 Å². The van der Waals surface area contributed by atoms with Crippen molar-refractivity contribution in [2.24, 2.45) is 0 Å². The van der Waals surface area contributed by atoms with Crippen LogP contribution < -0.4 is 4.74 Å². The Morgan fingerprint density at radius 1 is 1.33 bits per heavy atom. The lowest BCUT2D eigenvalue weighted by molar-refractivity contribution is 0.306. The number of benzene rings is 1. The Kier molecular flexibility index (Phi) is 1.88. The van der Waals surface area contributed by atoms with Crippen LogP contribution in [0.25, 0.3) is 10.9 Å². The maximum atomic E-state index is 5.86. The summed E-state index contributed by atoms with van der Waals surface area (Å²) < 4.78 is 5.86. The number of ether oxygens (including phenoxy) is 1. The molecule has 1 fully saturated rings. The molecule has 2 aromatic rings. The molecule has 0 bridgehead atoms. The van der Waals surface area contributed by atoms with Gasteiger partial charge in [0, 0.05) is 11.6 Å². The van der Waals surface area contributed by atoms with E-state index in [4.69, 9.17) is 4.74 Å². The van der Waals surface area contributed by atoms with E-state index in [2.05, 4.69) is 30.1 Å². The third-order valence-electron chi connectivity index (χ3n) is 2.63. The van der Waals surface area contributed by atoms with Crippen LogP contribution in [0.1, 0.15) is 18.4 Å². The Morgan fingerprint density at radius 3 is 3.00 bits per heavy atom. The van der Waals surface area contributed by atoms with E-state index in [9.17, 15) is 0 Å². The molecule has 76 valence electrons. The summed E-state index contributed by atoms with van der Waals surface area (Å²) in [5.41, 5.74) is 2.21. The van der Waals surface area contributed by atoms with Gasteiger partial charge in [-0.25, -0.2) is 0 Å². The van der Waals surface area contributed by atoms with Gasteiger partial charge in [0.05, 0.1) is 6.10 Å². The molecule has 3 rings (SSSR count). The second kappa shape index (κ2) is 3.23. The maximum absolute atomic E-state index is 5.86. The monoisotopic (exact) mass is 199 g/mol. The van der Waals surface area contributed by atoms with Gasteiger partial charge < -0.3 is 4.74 Å². The lowest BCUT2D eigenvalue weighted by Gasteiger charge is -2.08. The van der Waals surface area contributed by atoms with Crippen molar-refractivity contribution in [3.05, 3.63) is 36.0 Å². The van der Waals surface area contributed by atoms with Crippen LogP contribution in [-0.4, -0.2) is 11.1 Å². The molecule has 0 unspecified atom stereocenters. The first-order valence-electron chi connectivity index (χ1n) is 5.35. The van der Waals surface area contributed by atoms with E-state index < -0.39 is 0 Å². The fourth-order valence-electron chi connectivity index (χ4n) is 1.76. The Bertz CT molecular complexity index is 503. The highest BCUT2D eigenvalue weighted by molar-refractivity contribution is 5.85. The van der Waals surface area contributed by atoms with Crippen molar-refractivity contribution < 1.29 is 4.74 Å². The first kappa shape index (κ1) is 8.72. The normalized spacial score (nSPS) is 15.5. The lowest BCUT2D eigenvalue weighted by Crippen LogP contribution is -1.97. The molecule has 1 aromatic heterocycles. The van der Waals surface area contributed by atoms with Gasteiger partial charge in [0.25, 0.3) is 0 Å². The van der Waals surface area contributed by atoms with Crippen LogP contribution >= 0.6 is 0 Å². The van der Waals surface area contributed by atoms with Crippen molar-refractivity contribution in [3.8, 4) is 5.75 Å². The van der Waals surface area contributed by atoms with Gasteiger partial charge in [-0.05, 0) is 43.5 Å². The molecule has 0 saturated heterocycles. The molecule has 0 aliphatic heterocycles. The summed E-state index contributed by atoms with van der Waals surface area (Å²) in [4.78, 5) is 4.38. The van der Waals surface area contributed by atoms with Gasteiger partial charge in [0.1, 0.15) is 11.3 Å². The zero-order chi connectivity index (χ0) is 10.3. The van der Waals surface area contributed by atoms with E-state index in [1.165, 1.54) is 18.4 Å². The van der Waals surface area contributed by atoms with Crippen molar-refractivity contribution in [1.82, 2.24) is 4.98 Å². The molecule has 2 nitrogen and oxygen atoms in total. The molecule has 15 heavy (non-hydrogen) atoms. The topological polar surface area (TPSA) is 22.1 Å². The van der Waals surface area contributed by atoms with Crippen LogP contribution in [0, 0.1) is 6.92 Å². The minimum absolute atomic E-state index is 0.428. The molecular weight excluding hydrogens is 186 g/mol. The molecule has 1 aromatic carbocycles. The Morgan fingerprint density at radius 2 is 2.20 bits per heavy atom. The van der Waals surface area contributed by atoms with E-state index in [1.807, 2.05) is 12.3 Å². The fraction of sp³-hybridized carbons (Fsp3) is 0.308. The van der Waals surface area contributed by atoms with Crippen LogP contribution in [0.4, 0.5) is 0 Å². The van der Waals surface area contributed by atoms with Gasteiger partial charge >= 0.3 is 0 Å². The van der Waals surface area contributed by atoms with E-state index in [0.717, 1.165) is 16.7 Å². The Labute approximate surface area is 88.9 Å². The van der Waals surface area contributed by atoms with Gasteiger partial charge in [0.2, 0.25) is 0 Å². The van der Waals surface area contributed by atoms with Crippen LogP contribution in [0.2, 0.25) is 0 Å². The second-order valence-corrected chi connectivity index (χ2v) is 4.16. The number of nitrogens with zero attached hydrogens (tertiary/aromatic N) is 1. The van der Waals surface area contributed by atoms with Gasteiger partial charge in [-0.2, -0.15) is 0 Å². The summed E-state index contributed by atoms with van der Waals surface area (Å²) in [5, 5.41) is 1.16. The van der Waals surface area contributed by atoms with Gasteiger partial charge in [0.15, 0.2) is 0 Å². The molecule has 0 atom stereocenters. The number of pyridine rings is 1. The first-order valence-corrected chi connectivity index (χ1v) is 5.35. The number of aromatic nitrogens is 1. The van der Waals surface area contributed by atoms with Crippen molar-refractivity contribution in [2.45, 2.75) is 25.9 Å². The average molecular weight is 199 g/mol. The molecule has 1 heterocycles. The molecule has 1 aliphatic carbocycles. The Hall–Kier alpha value is -1.57. The van der Waals surface area contributed by atoms with Crippen molar-refractivity contribution in [3.63, 3.8) is 0 Å². The summed E-state index contributed by atoms with van der Waals surface area (Å²) >= 11 is 0. The molecule has 0 spiro atoms. The number of rotatable bonds is 2. The van der Waals surface area contributed by atoms with Crippen molar-refractivity contribution in [1.29, 1.82) is 0 Å². The third kappa shape index (κ3) is 1.67. The second-order valence-electron chi connectivity index (χ2n) is 4.16. The largest absolute Gasteiger partial charge is 0.488 e. The van der Waals surface area contributed by atoms with E-state index in [0.29, 0.717) is 6.10 Å². The molecule has 0 radical (unpaired) electrons. The summed E-state index contributed by atoms with van der Waals surface area (Å²) in [6.07, 6.45) is 4.61. The molecule has 1 aliphatic rings. The molecular formula is C13H13NO. The maximum Gasteiger partial charge on any atom is 0.146 e. The third-order valence-corrected chi connectivity index (χ3v) is 2.63. The molecule has 0 N–H and O–H groups in total. The quantitative estimate of drug-likeness (QED) is 0.741.